The lowest BCUT2D eigenvalue weighted by atomic mass is 9.83. The largest absolute Gasteiger partial charge is 0.308 e. The molecule has 0 bridgehead atoms. The number of hydrogen-bond donors (Lipinski definition) is 1. The van der Waals surface area contributed by atoms with Crippen molar-refractivity contribution in [1.82, 2.24) is 10.2 Å². The summed E-state index contributed by atoms with van der Waals surface area (Å²) in [6.07, 6.45) is 17.6. The van der Waals surface area contributed by atoms with E-state index in [-0.39, 0.29) is 0 Å². The van der Waals surface area contributed by atoms with E-state index in [2.05, 4.69) is 10.2 Å². The summed E-state index contributed by atoms with van der Waals surface area (Å²) in [4.78, 5) is 3.00. The first-order valence-electron chi connectivity index (χ1n) is 9.31. The van der Waals surface area contributed by atoms with E-state index in [4.69, 9.17) is 0 Å². The van der Waals surface area contributed by atoms with Gasteiger partial charge in [-0.2, -0.15) is 0 Å². The predicted octanol–water partition coefficient (Wildman–Crippen LogP) is 3.71. The van der Waals surface area contributed by atoms with Crippen LogP contribution in [0.15, 0.2) is 0 Å². The molecule has 0 aromatic rings. The molecule has 0 aromatic heterocycles. The maximum atomic E-state index is 4.04. The molecule has 20 heavy (non-hydrogen) atoms. The lowest BCUT2D eigenvalue weighted by molar-refractivity contribution is -0.00126. The van der Waals surface area contributed by atoms with Crippen LogP contribution >= 0.6 is 0 Å². The lowest BCUT2D eigenvalue weighted by Gasteiger charge is -2.53. The van der Waals surface area contributed by atoms with Crippen LogP contribution in [0.2, 0.25) is 0 Å². The van der Waals surface area contributed by atoms with Crippen molar-refractivity contribution in [2.24, 2.45) is 5.92 Å². The van der Waals surface area contributed by atoms with Crippen molar-refractivity contribution in [3.05, 3.63) is 0 Å². The summed E-state index contributed by atoms with van der Waals surface area (Å²) in [5.74, 6) is 1.02. The van der Waals surface area contributed by atoms with Gasteiger partial charge in [-0.1, -0.05) is 38.5 Å². The first-order valence-corrected chi connectivity index (χ1v) is 9.31. The summed E-state index contributed by atoms with van der Waals surface area (Å²) in [7, 11) is 0. The fraction of sp³-hybridized carbons (Fsp3) is 1.00. The standard InChI is InChI=1S/C18H32N2/c1-2-8-16(7-1)13-20-15-17(9-3-4-10-17)19-14-18(20)11-5-6-12-18/h16,19H,1-15H2. The van der Waals surface area contributed by atoms with Gasteiger partial charge in [-0.05, 0) is 44.4 Å². The minimum Gasteiger partial charge on any atom is -0.308 e. The highest BCUT2D eigenvalue weighted by molar-refractivity contribution is 5.09. The van der Waals surface area contributed by atoms with Crippen molar-refractivity contribution in [1.29, 1.82) is 0 Å². The third-order valence-electron chi connectivity index (χ3n) is 7.01. The average molecular weight is 276 g/mol. The molecule has 3 aliphatic carbocycles. The number of rotatable bonds is 2. The second kappa shape index (κ2) is 5.28. The van der Waals surface area contributed by atoms with Crippen LogP contribution in [0.5, 0.6) is 0 Å². The van der Waals surface area contributed by atoms with E-state index in [0.29, 0.717) is 11.1 Å². The highest BCUT2D eigenvalue weighted by Gasteiger charge is 2.49. The highest BCUT2D eigenvalue weighted by atomic mass is 15.3. The van der Waals surface area contributed by atoms with Gasteiger partial charge in [0.15, 0.2) is 0 Å². The van der Waals surface area contributed by atoms with Crippen LogP contribution in [0.3, 0.4) is 0 Å². The Labute approximate surface area is 124 Å². The first kappa shape index (κ1) is 13.6. The Hall–Kier alpha value is -0.0800. The van der Waals surface area contributed by atoms with Gasteiger partial charge >= 0.3 is 0 Å². The van der Waals surface area contributed by atoms with Crippen molar-refractivity contribution < 1.29 is 0 Å². The molecule has 0 atom stereocenters. The molecule has 0 unspecified atom stereocenters. The van der Waals surface area contributed by atoms with E-state index >= 15 is 0 Å². The molecule has 4 aliphatic rings. The van der Waals surface area contributed by atoms with Crippen LogP contribution in [0, 0.1) is 5.92 Å². The minimum absolute atomic E-state index is 0.506. The molecule has 1 saturated heterocycles. The maximum absolute atomic E-state index is 4.04. The van der Waals surface area contributed by atoms with Crippen molar-refractivity contribution in [2.45, 2.75) is 88.1 Å². The molecule has 1 N–H and O–H groups in total. The van der Waals surface area contributed by atoms with E-state index < -0.39 is 0 Å². The van der Waals surface area contributed by atoms with Crippen molar-refractivity contribution >= 4 is 0 Å². The van der Waals surface area contributed by atoms with Gasteiger partial charge in [0.2, 0.25) is 0 Å². The number of hydrogen-bond acceptors (Lipinski definition) is 2. The second-order valence-electron chi connectivity index (χ2n) is 8.30. The second-order valence-corrected chi connectivity index (χ2v) is 8.30. The molecule has 0 amide bonds. The van der Waals surface area contributed by atoms with Crippen LogP contribution < -0.4 is 5.32 Å². The van der Waals surface area contributed by atoms with Gasteiger partial charge in [-0.25, -0.2) is 0 Å². The van der Waals surface area contributed by atoms with Gasteiger partial charge in [-0.3, -0.25) is 4.90 Å². The van der Waals surface area contributed by atoms with Crippen LogP contribution in [0.1, 0.15) is 77.0 Å². The number of piperazine rings is 1. The van der Waals surface area contributed by atoms with Crippen LogP contribution in [-0.4, -0.2) is 35.6 Å². The van der Waals surface area contributed by atoms with Gasteiger partial charge in [0, 0.05) is 30.7 Å². The van der Waals surface area contributed by atoms with E-state index in [1.807, 2.05) is 0 Å². The van der Waals surface area contributed by atoms with E-state index in [9.17, 15) is 0 Å². The molecular formula is C18H32N2. The summed E-state index contributed by atoms with van der Waals surface area (Å²) in [6, 6.07) is 0. The zero-order chi connectivity index (χ0) is 13.5. The summed E-state index contributed by atoms with van der Waals surface area (Å²) in [6.45, 7) is 4.08. The Balaban J connectivity index is 1.51. The molecule has 1 aliphatic heterocycles. The van der Waals surface area contributed by atoms with Crippen LogP contribution in [0.4, 0.5) is 0 Å². The molecule has 3 saturated carbocycles. The molecule has 4 rings (SSSR count). The van der Waals surface area contributed by atoms with Gasteiger partial charge < -0.3 is 5.32 Å². The fourth-order valence-electron chi connectivity index (χ4n) is 5.73. The molecule has 1 heterocycles. The minimum atomic E-state index is 0.506. The maximum Gasteiger partial charge on any atom is 0.0335 e. The zero-order valence-electron chi connectivity index (χ0n) is 13.1. The van der Waals surface area contributed by atoms with Crippen molar-refractivity contribution in [2.75, 3.05) is 19.6 Å². The molecule has 2 spiro atoms. The smallest absolute Gasteiger partial charge is 0.0335 e. The van der Waals surface area contributed by atoms with Gasteiger partial charge in [0.25, 0.3) is 0 Å². The molecule has 2 heteroatoms. The molecule has 0 radical (unpaired) electrons. The third-order valence-corrected chi connectivity index (χ3v) is 7.01. The average Bonchev–Trinajstić information content (AvgIpc) is 3.18. The van der Waals surface area contributed by atoms with E-state index in [1.54, 1.807) is 0 Å². The van der Waals surface area contributed by atoms with Gasteiger partial charge in [0.05, 0.1) is 0 Å². The van der Waals surface area contributed by atoms with Crippen molar-refractivity contribution in [3.8, 4) is 0 Å². The Morgan fingerprint density at radius 2 is 1.50 bits per heavy atom. The van der Waals surface area contributed by atoms with Gasteiger partial charge in [-0.15, -0.1) is 0 Å². The number of nitrogens with one attached hydrogen (secondary N) is 1. The number of nitrogens with zero attached hydrogens (tertiary/aromatic N) is 1. The molecule has 4 fully saturated rings. The summed E-state index contributed by atoms with van der Waals surface area (Å²) >= 11 is 0. The topological polar surface area (TPSA) is 15.3 Å². The molecular weight excluding hydrogens is 244 g/mol. The van der Waals surface area contributed by atoms with Crippen molar-refractivity contribution in [3.63, 3.8) is 0 Å². The highest BCUT2D eigenvalue weighted by Crippen LogP contribution is 2.43. The van der Waals surface area contributed by atoms with Crippen LogP contribution in [0.25, 0.3) is 0 Å². The van der Waals surface area contributed by atoms with Crippen LogP contribution in [-0.2, 0) is 0 Å². The Kier molecular flexibility index (Phi) is 3.58. The molecule has 0 aromatic carbocycles. The first-order chi connectivity index (χ1) is 9.80. The fourth-order valence-corrected chi connectivity index (χ4v) is 5.73. The predicted molar refractivity (Wildman–Crippen MR) is 83.9 cm³/mol. The quantitative estimate of drug-likeness (QED) is 0.827. The lowest BCUT2D eigenvalue weighted by Crippen LogP contribution is -2.69. The normalized spacial score (nSPS) is 33.6. The van der Waals surface area contributed by atoms with Gasteiger partial charge in [0.1, 0.15) is 0 Å². The Morgan fingerprint density at radius 3 is 2.20 bits per heavy atom. The Bertz CT molecular complexity index is 333. The third kappa shape index (κ3) is 2.33. The van der Waals surface area contributed by atoms with E-state index in [0.717, 1.165) is 5.92 Å². The molecule has 2 nitrogen and oxygen atoms in total. The summed E-state index contributed by atoms with van der Waals surface area (Å²) in [5, 5.41) is 4.04. The Morgan fingerprint density at radius 1 is 0.850 bits per heavy atom. The summed E-state index contributed by atoms with van der Waals surface area (Å²) < 4.78 is 0. The summed E-state index contributed by atoms with van der Waals surface area (Å²) in [5.41, 5.74) is 1.06. The molecule has 114 valence electrons. The SMILES string of the molecule is C1CCC(CN2CC3(CCCC3)NCC23CCCC3)C1. The van der Waals surface area contributed by atoms with E-state index in [1.165, 1.54) is 96.7 Å². The zero-order valence-corrected chi connectivity index (χ0v) is 13.1. The monoisotopic (exact) mass is 276 g/mol.